The van der Waals surface area contributed by atoms with E-state index in [1.165, 1.54) is 6.92 Å². The minimum absolute atomic E-state index is 0.000138. The number of nitrogens with one attached hydrogen (secondary N) is 2. The number of piperidine rings is 1. The average molecular weight is 515 g/mol. The maximum Gasteiger partial charge on any atom is 0.416 e. The lowest BCUT2D eigenvalue weighted by Crippen LogP contribution is -2.52. The maximum absolute atomic E-state index is 13.3. The first-order valence-electron chi connectivity index (χ1n) is 11.9. The molecule has 4 rings (SSSR count). The van der Waals surface area contributed by atoms with Gasteiger partial charge in [-0.05, 0) is 61.4 Å². The molecule has 36 heavy (non-hydrogen) atoms. The highest BCUT2D eigenvalue weighted by atomic mass is 19.4. The molecule has 196 valence electrons. The molecule has 0 bridgehead atoms. The van der Waals surface area contributed by atoms with Gasteiger partial charge in [-0.25, -0.2) is 0 Å². The van der Waals surface area contributed by atoms with Gasteiger partial charge in [-0.2, -0.15) is 26.3 Å². The second-order valence-corrected chi connectivity index (χ2v) is 9.63. The predicted octanol–water partition coefficient (Wildman–Crippen LogP) is 5.98. The zero-order chi connectivity index (χ0) is 26.1. The van der Waals surface area contributed by atoms with Crippen molar-refractivity contribution >= 4 is 5.91 Å². The zero-order valence-electron chi connectivity index (χ0n) is 19.7. The maximum atomic E-state index is 13.3. The number of fused-ring (bicyclic) bond motifs is 1. The van der Waals surface area contributed by atoms with Gasteiger partial charge in [0.2, 0.25) is 5.91 Å². The van der Waals surface area contributed by atoms with Crippen molar-refractivity contribution in [2.24, 2.45) is 5.92 Å². The van der Waals surface area contributed by atoms with Crippen LogP contribution in [0.25, 0.3) is 0 Å². The number of benzene rings is 2. The van der Waals surface area contributed by atoms with Gasteiger partial charge in [-0.1, -0.05) is 30.3 Å². The quantitative estimate of drug-likeness (QED) is 0.483. The summed E-state index contributed by atoms with van der Waals surface area (Å²) in [6, 6.07) is 10.9. The van der Waals surface area contributed by atoms with Gasteiger partial charge >= 0.3 is 12.4 Å². The summed E-state index contributed by atoms with van der Waals surface area (Å²) in [4.78, 5) is 11.9. The van der Waals surface area contributed by atoms with Gasteiger partial charge in [-0.15, -0.1) is 0 Å². The van der Waals surface area contributed by atoms with Crippen molar-refractivity contribution in [1.82, 2.24) is 10.6 Å². The summed E-state index contributed by atoms with van der Waals surface area (Å²) in [5.41, 5.74) is -2.75. The minimum Gasteiger partial charge on any atom is -0.372 e. The monoisotopic (exact) mass is 514 g/mol. The summed E-state index contributed by atoms with van der Waals surface area (Å²) in [5.74, 6) is 0.274. The van der Waals surface area contributed by atoms with Crippen LogP contribution in [0.5, 0.6) is 0 Å². The topological polar surface area (TPSA) is 50.4 Å². The number of carbonyl (C=O) groups excluding carboxylic acids is 1. The van der Waals surface area contributed by atoms with Crippen molar-refractivity contribution in [1.29, 1.82) is 0 Å². The molecule has 2 aromatic rings. The molecule has 0 aliphatic carbocycles. The highest BCUT2D eigenvalue weighted by Gasteiger charge is 2.41. The third kappa shape index (κ3) is 5.86. The number of amides is 1. The van der Waals surface area contributed by atoms with Crippen LogP contribution in [0.15, 0.2) is 48.5 Å². The molecule has 2 N–H and O–H groups in total. The summed E-state index contributed by atoms with van der Waals surface area (Å²) >= 11 is 0. The Balaban J connectivity index is 1.60. The molecule has 2 saturated heterocycles. The molecular formula is C26H28F6N2O2. The second-order valence-electron chi connectivity index (χ2n) is 9.63. The molecule has 2 fully saturated rings. The third-order valence-electron chi connectivity index (χ3n) is 7.25. The normalized spacial score (nSPS) is 26.0. The largest absolute Gasteiger partial charge is 0.416 e. The fourth-order valence-electron chi connectivity index (χ4n) is 5.09. The number of rotatable bonds is 5. The predicted molar refractivity (Wildman–Crippen MR) is 121 cm³/mol. The molecule has 10 heteroatoms. The molecule has 2 aliphatic rings. The van der Waals surface area contributed by atoms with Gasteiger partial charge < -0.3 is 15.4 Å². The number of hydrogen-bond acceptors (Lipinski definition) is 3. The Morgan fingerprint density at radius 1 is 1.00 bits per heavy atom. The van der Waals surface area contributed by atoms with E-state index >= 15 is 0 Å². The molecule has 1 amide bonds. The number of halogens is 6. The number of alkyl halides is 6. The Kier molecular flexibility index (Phi) is 7.39. The van der Waals surface area contributed by atoms with E-state index in [0.717, 1.165) is 18.4 Å². The van der Waals surface area contributed by atoms with Crippen molar-refractivity contribution in [3.63, 3.8) is 0 Å². The summed E-state index contributed by atoms with van der Waals surface area (Å²) in [6.07, 6.45) is -8.23. The Bertz CT molecular complexity index is 1040. The summed E-state index contributed by atoms with van der Waals surface area (Å²) in [5, 5.41) is 6.53. The summed E-state index contributed by atoms with van der Waals surface area (Å²) in [6.45, 7) is 1.96. The van der Waals surface area contributed by atoms with Crippen molar-refractivity contribution in [2.75, 3.05) is 13.2 Å². The fraction of sp³-hybridized carbons (Fsp3) is 0.500. The van der Waals surface area contributed by atoms with Crippen LogP contribution in [0, 0.1) is 5.92 Å². The number of carbonyl (C=O) groups is 1. The van der Waals surface area contributed by atoms with Crippen LogP contribution in [-0.4, -0.2) is 25.1 Å². The van der Waals surface area contributed by atoms with E-state index in [4.69, 9.17) is 4.74 Å². The van der Waals surface area contributed by atoms with Crippen LogP contribution < -0.4 is 10.6 Å². The Labute approximate surface area is 205 Å². The van der Waals surface area contributed by atoms with Crippen molar-refractivity contribution in [2.45, 2.75) is 62.6 Å². The van der Waals surface area contributed by atoms with Crippen LogP contribution in [0.3, 0.4) is 0 Å². The average Bonchev–Trinajstić information content (AvgIpc) is 3.02. The molecular weight excluding hydrogens is 486 g/mol. The van der Waals surface area contributed by atoms with E-state index in [2.05, 4.69) is 10.6 Å². The summed E-state index contributed by atoms with van der Waals surface area (Å²) in [7, 11) is 0. The smallest absolute Gasteiger partial charge is 0.372 e. The van der Waals surface area contributed by atoms with E-state index < -0.39 is 35.1 Å². The highest BCUT2D eigenvalue weighted by molar-refractivity contribution is 5.77. The standard InChI is InChI=1S/C26H28F6N2O2/c1-16(18-11-20(25(27,28)29)13-21(12-18)26(30,31)32)36-15-24(19-5-3-2-4-6-19)10-9-17-7-8-23(35)34-22(17)14-33-24/h2-6,11-13,16-17,22,33H,7-10,14-15H2,1H3,(H,34,35)/t16?,17-,22+,24+/m0/s1. The van der Waals surface area contributed by atoms with Gasteiger partial charge in [0, 0.05) is 19.0 Å². The lowest BCUT2D eigenvalue weighted by atomic mass is 9.82. The first-order valence-corrected chi connectivity index (χ1v) is 11.9. The van der Waals surface area contributed by atoms with E-state index in [1.807, 2.05) is 30.3 Å². The minimum atomic E-state index is -4.93. The molecule has 2 aromatic carbocycles. The Morgan fingerprint density at radius 3 is 2.25 bits per heavy atom. The lowest BCUT2D eigenvalue weighted by Gasteiger charge is -2.36. The van der Waals surface area contributed by atoms with Gasteiger partial charge in [0.1, 0.15) is 0 Å². The SMILES string of the molecule is CC(OC[C@@]1(c2ccccc2)CC[C@@H]2CCC(=O)N[C@@H]2CN1)c1cc(C(F)(F)F)cc(C(F)(F)F)c1. The van der Waals surface area contributed by atoms with Crippen LogP contribution in [0.2, 0.25) is 0 Å². The Hall–Kier alpha value is -2.59. The van der Waals surface area contributed by atoms with E-state index in [0.29, 0.717) is 31.5 Å². The highest BCUT2D eigenvalue weighted by Crippen LogP contribution is 2.39. The molecule has 1 unspecified atom stereocenters. The fourth-order valence-corrected chi connectivity index (χ4v) is 5.09. The Morgan fingerprint density at radius 2 is 1.64 bits per heavy atom. The van der Waals surface area contributed by atoms with Gasteiger partial charge in [0.25, 0.3) is 0 Å². The molecule has 2 aliphatic heterocycles. The van der Waals surface area contributed by atoms with Crippen LogP contribution in [0.4, 0.5) is 26.3 Å². The van der Waals surface area contributed by atoms with E-state index in [9.17, 15) is 31.1 Å². The van der Waals surface area contributed by atoms with Crippen molar-refractivity contribution in [3.05, 3.63) is 70.8 Å². The van der Waals surface area contributed by atoms with Crippen molar-refractivity contribution in [3.8, 4) is 0 Å². The van der Waals surface area contributed by atoms with Crippen LogP contribution in [-0.2, 0) is 27.4 Å². The second kappa shape index (κ2) is 10.0. The van der Waals surface area contributed by atoms with Crippen molar-refractivity contribution < 1.29 is 35.9 Å². The van der Waals surface area contributed by atoms with Gasteiger partial charge in [-0.3, -0.25) is 4.79 Å². The number of ether oxygens (including phenoxy) is 1. The van der Waals surface area contributed by atoms with E-state index in [-0.39, 0.29) is 36.1 Å². The van der Waals surface area contributed by atoms with Crippen LogP contribution in [0.1, 0.15) is 61.0 Å². The molecule has 4 nitrogen and oxygen atoms in total. The molecule has 0 spiro atoms. The lowest BCUT2D eigenvalue weighted by molar-refractivity contribution is -0.143. The molecule has 2 heterocycles. The first kappa shape index (κ1) is 26.5. The molecule has 0 aromatic heterocycles. The molecule has 0 saturated carbocycles. The number of hydrogen-bond donors (Lipinski definition) is 2. The first-order chi connectivity index (χ1) is 16.9. The van der Waals surface area contributed by atoms with Gasteiger partial charge in [0.05, 0.1) is 29.4 Å². The van der Waals surface area contributed by atoms with Gasteiger partial charge in [0.15, 0.2) is 0 Å². The molecule has 0 radical (unpaired) electrons. The third-order valence-corrected chi connectivity index (χ3v) is 7.25. The molecule has 4 atom stereocenters. The zero-order valence-corrected chi connectivity index (χ0v) is 19.7. The summed E-state index contributed by atoms with van der Waals surface area (Å²) < 4.78 is 86.0. The van der Waals surface area contributed by atoms with Crippen LogP contribution >= 0.6 is 0 Å². The van der Waals surface area contributed by atoms with E-state index in [1.54, 1.807) is 0 Å².